The van der Waals surface area contributed by atoms with Crippen molar-refractivity contribution < 1.29 is 9.53 Å². The van der Waals surface area contributed by atoms with Crippen molar-refractivity contribution in [2.45, 2.75) is 50.6 Å². The zero-order chi connectivity index (χ0) is 13.5. The van der Waals surface area contributed by atoms with E-state index in [1.54, 1.807) is 11.5 Å². The van der Waals surface area contributed by atoms with Crippen LogP contribution in [0, 0.1) is 0 Å². The molecule has 0 radical (unpaired) electrons. The SMILES string of the molecule is CCCn1c(SC(CC)C(=O)OCC)n[nH]c1=O. The van der Waals surface area contributed by atoms with Crippen LogP contribution < -0.4 is 5.69 Å². The van der Waals surface area contributed by atoms with Crippen LogP contribution in [0.2, 0.25) is 0 Å². The second kappa shape index (κ2) is 7.25. The lowest BCUT2D eigenvalue weighted by atomic mass is 10.3. The van der Waals surface area contributed by atoms with Gasteiger partial charge in [0.05, 0.1) is 6.61 Å². The molecule has 1 atom stereocenters. The van der Waals surface area contributed by atoms with Crippen molar-refractivity contribution in [3.8, 4) is 0 Å². The third kappa shape index (κ3) is 3.63. The number of nitrogens with one attached hydrogen (secondary N) is 1. The number of carbonyl (C=O) groups is 1. The molecule has 0 amide bonds. The van der Waals surface area contributed by atoms with E-state index in [4.69, 9.17) is 4.74 Å². The molecule has 0 saturated carbocycles. The zero-order valence-electron chi connectivity index (χ0n) is 10.9. The first-order valence-corrected chi connectivity index (χ1v) is 7.00. The monoisotopic (exact) mass is 273 g/mol. The predicted octanol–water partition coefficient (Wildman–Crippen LogP) is 1.42. The summed E-state index contributed by atoms with van der Waals surface area (Å²) < 4.78 is 6.54. The molecule has 0 spiro atoms. The molecule has 0 aliphatic carbocycles. The van der Waals surface area contributed by atoms with Crippen LogP contribution in [0.1, 0.15) is 33.6 Å². The molecular formula is C11H19N3O3S. The maximum Gasteiger partial charge on any atom is 0.343 e. The number of aromatic amines is 1. The molecule has 0 bridgehead atoms. The van der Waals surface area contributed by atoms with Gasteiger partial charge in [-0.15, -0.1) is 5.10 Å². The van der Waals surface area contributed by atoms with Crippen molar-refractivity contribution in [3.63, 3.8) is 0 Å². The summed E-state index contributed by atoms with van der Waals surface area (Å²) in [6.07, 6.45) is 1.47. The molecule has 0 aliphatic heterocycles. The van der Waals surface area contributed by atoms with Gasteiger partial charge in [0.25, 0.3) is 0 Å². The summed E-state index contributed by atoms with van der Waals surface area (Å²) in [4.78, 5) is 23.2. The average Bonchev–Trinajstić information content (AvgIpc) is 2.69. The van der Waals surface area contributed by atoms with E-state index in [9.17, 15) is 9.59 Å². The van der Waals surface area contributed by atoms with Crippen LogP contribution in [0.5, 0.6) is 0 Å². The maximum atomic E-state index is 11.7. The summed E-state index contributed by atoms with van der Waals surface area (Å²) in [7, 11) is 0. The lowest BCUT2D eigenvalue weighted by molar-refractivity contribution is -0.142. The highest BCUT2D eigenvalue weighted by Gasteiger charge is 2.22. The minimum Gasteiger partial charge on any atom is -0.465 e. The molecule has 102 valence electrons. The van der Waals surface area contributed by atoms with Gasteiger partial charge in [0.15, 0.2) is 5.16 Å². The highest BCUT2D eigenvalue weighted by molar-refractivity contribution is 8.00. The Hall–Kier alpha value is -1.24. The largest absolute Gasteiger partial charge is 0.465 e. The second-order valence-corrected chi connectivity index (χ2v) is 4.90. The van der Waals surface area contributed by atoms with Crippen molar-refractivity contribution in [2.24, 2.45) is 0 Å². The summed E-state index contributed by atoms with van der Waals surface area (Å²) >= 11 is 1.27. The van der Waals surface area contributed by atoms with Crippen LogP contribution in [0.25, 0.3) is 0 Å². The van der Waals surface area contributed by atoms with E-state index in [-0.39, 0.29) is 16.9 Å². The molecule has 1 aromatic rings. The fourth-order valence-corrected chi connectivity index (χ4v) is 2.46. The van der Waals surface area contributed by atoms with Crippen molar-refractivity contribution in [1.29, 1.82) is 0 Å². The summed E-state index contributed by atoms with van der Waals surface area (Å²) in [6, 6.07) is 0. The Morgan fingerprint density at radius 3 is 2.78 bits per heavy atom. The molecule has 7 heteroatoms. The van der Waals surface area contributed by atoms with E-state index >= 15 is 0 Å². The second-order valence-electron chi connectivity index (χ2n) is 3.73. The number of rotatable bonds is 7. The van der Waals surface area contributed by atoms with Crippen molar-refractivity contribution >= 4 is 17.7 Å². The van der Waals surface area contributed by atoms with Gasteiger partial charge in [-0.3, -0.25) is 9.36 Å². The van der Waals surface area contributed by atoms with Gasteiger partial charge in [0.1, 0.15) is 5.25 Å². The Morgan fingerprint density at radius 1 is 1.50 bits per heavy atom. The molecule has 1 aromatic heterocycles. The molecule has 0 saturated heterocycles. The van der Waals surface area contributed by atoms with E-state index < -0.39 is 0 Å². The Bertz CT molecular complexity index is 441. The standard InChI is InChI=1S/C11H19N3O3S/c1-4-7-14-10(16)12-13-11(14)18-8(5-2)9(15)17-6-3/h8H,4-7H2,1-3H3,(H,12,16). The molecule has 0 aliphatic rings. The number of aromatic nitrogens is 3. The normalized spacial score (nSPS) is 12.4. The van der Waals surface area contributed by atoms with Gasteiger partial charge in [-0.1, -0.05) is 25.6 Å². The number of nitrogens with zero attached hydrogens (tertiary/aromatic N) is 2. The van der Waals surface area contributed by atoms with E-state index in [1.165, 1.54) is 11.8 Å². The van der Waals surface area contributed by atoms with Crippen LogP contribution in [0.15, 0.2) is 9.95 Å². The van der Waals surface area contributed by atoms with E-state index in [1.807, 2.05) is 13.8 Å². The highest BCUT2D eigenvalue weighted by atomic mass is 32.2. The summed E-state index contributed by atoms with van der Waals surface area (Å²) in [5.41, 5.74) is -0.238. The molecule has 0 fully saturated rings. The highest BCUT2D eigenvalue weighted by Crippen LogP contribution is 2.23. The average molecular weight is 273 g/mol. The number of hydrogen-bond donors (Lipinski definition) is 1. The molecule has 1 unspecified atom stereocenters. The first-order valence-electron chi connectivity index (χ1n) is 6.12. The van der Waals surface area contributed by atoms with Crippen LogP contribution in [0.4, 0.5) is 0 Å². The Kier molecular flexibility index (Phi) is 5.97. The van der Waals surface area contributed by atoms with E-state index in [0.29, 0.717) is 24.7 Å². The van der Waals surface area contributed by atoms with Gasteiger partial charge in [0.2, 0.25) is 0 Å². The van der Waals surface area contributed by atoms with Gasteiger partial charge in [-0.25, -0.2) is 9.89 Å². The lowest BCUT2D eigenvalue weighted by Gasteiger charge is -2.12. The molecule has 1 N–H and O–H groups in total. The van der Waals surface area contributed by atoms with Crippen molar-refractivity contribution in [3.05, 3.63) is 10.5 Å². The van der Waals surface area contributed by atoms with Crippen molar-refractivity contribution in [1.82, 2.24) is 14.8 Å². The Balaban J connectivity index is 2.81. The third-order valence-electron chi connectivity index (χ3n) is 2.34. The molecule has 0 aromatic carbocycles. The van der Waals surface area contributed by atoms with E-state index in [0.717, 1.165) is 6.42 Å². The molecule has 1 heterocycles. The summed E-state index contributed by atoms with van der Waals surface area (Å²) in [5, 5.41) is 6.57. The summed E-state index contributed by atoms with van der Waals surface area (Å²) in [6.45, 7) is 6.62. The number of carbonyl (C=O) groups excluding carboxylic acids is 1. The predicted molar refractivity (Wildman–Crippen MR) is 69.7 cm³/mol. The minimum absolute atomic E-state index is 0.238. The first kappa shape index (κ1) is 14.8. The number of ether oxygens (including phenoxy) is 1. The molecule has 18 heavy (non-hydrogen) atoms. The van der Waals surface area contributed by atoms with Crippen molar-refractivity contribution in [2.75, 3.05) is 6.61 Å². The zero-order valence-corrected chi connectivity index (χ0v) is 11.7. The minimum atomic E-state index is -0.323. The Morgan fingerprint density at radius 2 is 2.22 bits per heavy atom. The number of hydrogen-bond acceptors (Lipinski definition) is 5. The lowest BCUT2D eigenvalue weighted by Crippen LogP contribution is -2.22. The fourth-order valence-electron chi connectivity index (χ4n) is 1.47. The summed E-state index contributed by atoms with van der Waals surface area (Å²) in [5.74, 6) is -0.261. The quantitative estimate of drug-likeness (QED) is 0.600. The van der Waals surface area contributed by atoms with Crippen LogP contribution in [0.3, 0.4) is 0 Å². The van der Waals surface area contributed by atoms with Gasteiger partial charge >= 0.3 is 11.7 Å². The maximum absolute atomic E-state index is 11.7. The van der Waals surface area contributed by atoms with Gasteiger partial charge in [-0.05, 0) is 19.8 Å². The smallest absolute Gasteiger partial charge is 0.343 e. The van der Waals surface area contributed by atoms with Crippen LogP contribution in [-0.4, -0.2) is 32.6 Å². The molecule has 1 rings (SSSR count). The van der Waals surface area contributed by atoms with Crippen LogP contribution >= 0.6 is 11.8 Å². The molecular weight excluding hydrogens is 254 g/mol. The number of esters is 1. The van der Waals surface area contributed by atoms with Gasteiger partial charge in [0, 0.05) is 6.54 Å². The number of H-pyrrole nitrogens is 1. The topological polar surface area (TPSA) is 77.0 Å². The van der Waals surface area contributed by atoms with Crippen LogP contribution in [-0.2, 0) is 16.1 Å². The van der Waals surface area contributed by atoms with E-state index in [2.05, 4.69) is 10.2 Å². The van der Waals surface area contributed by atoms with Gasteiger partial charge < -0.3 is 4.74 Å². The fraction of sp³-hybridized carbons (Fsp3) is 0.727. The number of thioether (sulfide) groups is 1. The Labute approximate surface area is 110 Å². The third-order valence-corrected chi connectivity index (χ3v) is 3.67. The van der Waals surface area contributed by atoms with Gasteiger partial charge in [-0.2, -0.15) is 0 Å². The molecule has 6 nitrogen and oxygen atoms in total. The first-order chi connectivity index (χ1) is 8.63.